The third-order valence-electron chi connectivity index (χ3n) is 5.55. The summed E-state index contributed by atoms with van der Waals surface area (Å²) in [4.78, 5) is 37.1. The van der Waals surface area contributed by atoms with Gasteiger partial charge >= 0.3 is 0 Å². The molecule has 2 heterocycles. The summed E-state index contributed by atoms with van der Waals surface area (Å²) in [7, 11) is 0. The van der Waals surface area contributed by atoms with Crippen molar-refractivity contribution in [2.75, 3.05) is 4.90 Å². The van der Waals surface area contributed by atoms with Crippen LogP contribution in [0.3, 0.4) is 0 Å². The second kappa shape index (κ2) is 9.18. The zero-order chi connectivity index (χ0) is 22.7. The summed E-state index contributed by atoms with van der Waals surface area (Å²) in [6, 6.07) is 17.0. The number of aromatic nitrogens is 4. The number of amides is 1. The molecule has 7 nitrogen and oxygen atoms in total. The number of hydrogen-bond donors (Lipinski definition) is 1. The fourth-order valence-electron chi connectivity index (χ4n) is 3.66. The summed E-state index contributed by atoms with van der Waals surface area (Å²) in [5.74, 6) is 0.342. The normalized spacial score (nSPS) is 11.1. The standard InChI is InChI=1S/C25H27N5O2/c1-4-5-11-21-18(3)26-24-27-25(28-30(24)23(21)32)29(16-19-14-12-17(2)13-15-19)22(31)20-9-7-6-8-10-20/h6-10,12-15H,4-5,11,16H2,1-3H3,(H,26,27,28). The summed E-state index contributed by atoms with van der Waals surface area (Å²) in [5, 5.41) is 3.03. The number of H-pyrrole nitrogens is 1. The summed E-state index contributed by atoms with van der Waals surface area (Å²) in [6.07, 6.45) is 2.57. The summed E-state index contributed by atoms with van der Waals surface area (Å²) in [6.45, 7) is 6.25. The molecular weight excluding hydrogens is 402 g/mol. The van der Waals surface area contributed by atoms with E-state index in [0.29, 0.717) is 29.8 Å². The lowest BCUT2D eigenvalue weighted by Crippen LogP contribution is -2.31. The van der Waals surface area contributed by atoms with Crippen LogP contribution in [0.15, 0.2) is 59.4 Å². The number of rotatable bonds is 7. The topological polar surface area (TPSA) is 83.4 Å². The molecule has 7 heteroatoms. The minimum absolute atomic E-state index is 0.165. The minimum atomic E-state index is -0.207. The molecule has 0 atom stereocenters. The van der Waals surface area contributed by atoms with Gasteiger partial charge in [0.2, 0.25) is 5.95 Å². The van der Waals surface area contributed by atoms with Crippen LogP contribution in [-0.2, 0) is 13.0 Å². The van der Waals surface area contributed by atoms with Crippen molar-refractivity contribution in [2.45, 2.75) is 46.6 Å². The monoisotopic (exact) mass is 429 g/mol. The Hall–Kier alpha value is -3.74. The van der Waals surface area contributed by atoms with Gasteiger partial charge < -0.3 is 0 Å². The molecule has 1 amide bonds. The van der Waals surface area contributed by atoms with Crippen molar-refractivity contribution >= 4 is 17.6 Å². The van der Waals surface area contributed by atoms with Gasteiger partial charge in [-0.1, -0.05) is 61.4 Å². The first-order valence-electron chi connectivity index (χ1n) is 10.9. The molecule has 0 fully saturated rings. The van der Waals surface area contributed by atoms with Gasteiger partial charge in [-0.3, -0.25) is 19.6 Å². The Morgan fingerprint density at radius 1 is 1.03 bits per heavy atom. The zero-order valence-electron chi connectivity index (χ0n) is 18.6. The molecule has 32 heavy (non-hydrogen) atoms. The Labute approximate surface area is 186 Å². The van der Waals surface area contributed by atoms with Crippen molar-refractivity contribution in [1.82, 2.24) is 19.6 Å². The second-order valence-corrected chi connectivity index (χ2v) is 8.01. The smallest absolute Gasteiger partial charge is 0.272 e. The van der Waals surface area contributed by atoms with Gasteiger partial charge in [-0.2, -0.15) is 9.50 Å². The van der Waals surface area contributed by atoms with Gasteiger partial charge in [0.15, 0.2) is 0 Å². The van der Waals surface area contributed by atoms with Gasteiger partial charge in [-0.25, -0.2) is 4.98 Å². The molecule has 0 unspecified atom stereocenters. The number of fused-ring (bicyclic) bond motifs is 1. The van der Waals surface area contributed by atoms with Crippen LogP contribution in [0.5, 0.6) is 0 Å². The number of aryl methyl sites for hydroxylation is 2. The van der Waals surface area contributed by atoms with Crippen LogP contribution in [0, 0.1) is 13.8 Å². The fourth-order valence-corrected chi connectivity index (χ4v) is 3.66. The molecule has 0 aliphatic heterocycles. The molecule has 4 aromatic rings. The van der Waals surface area contributed by atoms with Gasteiger partial charge in [-0.15, -0.1) is 0 Å². The quantitative estimate of drug-likeness (QED) is 0.477. The first kappa shape index (κ1) is 21.5. The number of unbranched alkanes of at least 4 members (excludes halogenated alkanes) is 1. The highest BCUT2D eigenvalue weighted by Gasteiger charge is 2.23. The molecule has 0 aliphatic carbocycles. The lowest BCUT2D eigenvalue weighted by atomic mass is 10.1. The third kappa shape index (κ3) is 4.32. The first-order chi connectivity index (χ1) is 15.5. The van der Waals surface area contributed by atoms with Crippen molar-refractivity contribution in [3.05, 3.63) is 92.9 Å². The number of aromatic amines is 1. The van der Waals surface area contributed by atoms with E-state index in [9.17, 15) is 9.59 Å². The molecule has 4 rings (SSSR count). The number of nitrogens with one attached hydrogen (secondary N) is 1. The van der Waals surface area contributed by atoms with Crippen LogP contribution in [0.4, 0.5) is 5.95 Å². The van der Waals surface area contributed by atoms with Gasteiger partial charge in [0.05, 0.1) is 12.2 Å². The molecule has 2 aromatic heterocycles. The minimum Gasteiger partial charge on any atom is -0.272 e. The number of hydrogen-bond acceptors (Lipinski definition) is 4. The lowest BCUT2D eigenvalue weighted by molar-refractivity contribution is 0.0983. The number of anilines is 1. The van der Waals surface area contributed by atoms with E-state index in [0.717, 1.165) is 24.0 Å². The maximum atomic E-state index is 13.4. The summed E-state index contributed by atoms with van der Waals surface area (Å²) in [5.41, 5.74) is 3.84. The molecular formula is C25H27N5O2. The Kier molecular flexibility index (Phi) is 6.16. The van der Waals surface area contributed by atoms with Crippen LogP contribution in [-0.4, -0.2) is 25.5 Å². The number of carbonyl (C=O) groups excluding carboxylic acids is 1. The van der Waals surface area contributed by atoms with Crippen LogP contribution < -0.4 is 10.5 Å². The highest BCUT2D eigenvalue weighted by Crippen LogP contribution is 2.18. The molecule has 0 saturated carbocycles. The first-order valence-corrected chi connectivity index (χ1v) is 10.9. The van der Waals surface area contributed by atoms with Gasteiger partial charge in [0, 0.05) is 11.1 Å². The summed E-state index contributed by atoms with van der Waals surface area (Å²) >= 11 is 0. The van der Waals surface area contributed by atoms with E-state index in [2.05, 4.69) is 22.0 Å². The van der Waals surface area contributed by atoms with E-state index in [1.165, 1.54) is 4.52 Å². The fraction of sp³-hybridized carbons (Fsp3) is 0.280. The molecule has 0 bridgehead atoms. The number of carbonyl (C=O) groups is 1. The zero-order valence-corrected chi connectivity index (χ0v) is 18.6. The Morgan fingerprint density at radius 2 is 1.75 bits per heavy atom. The van der Waals surface area contributed by atoms with E-state index in [-0.39, 0.29) is 23.2 Å². The van der Waals surface area contributed by atoms with E-state index < -0.39 is 0 Å². The Balaban J connectivity index is 1.79. The Morgan fingerprint density at radius 3 is 2.44 bits per heavy atom. The van der Waals surface area contributed by atoms with E-state index >= 15 is 0 Å². The van der Waals surface area contributed by atoms with E-state index in [1.807, 2.05) is 56.3 Å². The predicted octanol–water partition coefficient (Wildman–Crippen LogP) is 4.22. The van der Waals surface area contributed by atoms with Crippen molar-refractivity contribution in [1.29, 1.82) is 0 Å². The molecule has 2 aromatic carbocycles. The van der Waals surface area contributed by atoms with E-state index in [4.69, 9.17) is 0 Å². The van der Waals surface area contributed by atoms with E-state index in [1.54, 1.807) is 17.0 Å². The van der Waals surface area contributed by atoms with Crippen molar-refractivity contribution in [3.8, 4) is 0 Å². The van der Waals surface area contributed by atoms with Crippen LogP contribution in [0.1, 0.15) is 52.5 Å². The molecule has 0 radical (unpaired) electrons. The molecule has 0 aliphatic rings. The van der Waals surface area contributed by atoms with Crippen LogP contribution in [0.25, 0.3) is 5.78 Å². The summed E-state index contributed by atoms with van der Waals surface area (Å²) < 4.78 is 1.34. The lowest BCUT2D eigenvalue weighted by Gasteiger charge is -2.20. The number of nitrogens with zero attached hydrogens (tertiary/aromatic N) is 4. The predicted molar refractivity (Wildman–Crippen MR) is 125 cm³/mol. The van der Waals surface area contributed by atoms with Crippen molar-refractivity contribution in [2.24, 2.45) is 0 Å². The van der Waals surface area contributed by atoms with Crippen LogP contribution >= 0.6 is 0 Å². The Bertz CT molecular complexity index is 1290. The van der Waals surface area contributed by atoms with Gasteiger partial charge in [0.1, 0.15) is 0 Å². The highest BCUT2D eigenvalue weighted by atomic mass is 16.2. The largest absolute Gasteiger partial charge is 0.277 e. The van der Waals surface area contributed by atoms with Crippen molar-refractivity contribution < 1.29 is 4.79 Å². The molecule has 0 spiro atoms. The second-order valence-electron chi connectivity index (χ2n) is 8.01. The van der Waals surface area contributed by atoms with Gasteiger partial charge in [-0.05, 0) is 44.4 Å². The van der Waals surface area contributed by atoms with Gasteiger partial charge in [0.25, 0.3) is 17.2 Å². The van der Waals surface area contributed by atoms with Crippen LogP contribution in [0.2, 0.25) is 0 Å². The maximum Gasteiger partial charge on any atom is 0.277 e. The molecule has 1 N–H and O–H groups in total. The maximum absolute atomic E-state index is 13.4. The SMILES string of the molecule is CCCCc1c(C)nc2nc(N(Cc3ccc(C)cc3)C(=O)c3ccccc3)[nH]n2c1=O. The molecule has 164 valence electrons. The average molecular weight is 430 g/mol. The average Bonchev–Trinajstić information content (AvgIpc) is 3.22. The highest BCUT2D eigenvalue weighted by molar-refractivity contribution is 6.05. The van der Waals surface area contributed by atoms with Crippen molar-refractivity contribution in [3.63, 3.8) is 0 Å². The number of benzene rings is 2. The molecule has 0 saturated heterocycles. The third-order valence-corrected chi connectivity index (χ3v) is 5.55.